The molecule has 216 valence electrons. The number of aryl methyl sites for hydroxylation is 1. The highest BCUT2D eigenvalue weighted by Gasteiger charge is 2.18. The lowest BCUT2D eigenvalue weighted by atomic mass is 9.84. The molecule has 0 amide bonds. The molecule has 0 unspecified atom stereocenters. The monoisotopic (exact) mass is 586 g/mol. The van der Waals surface area contributed by atoms with E-state index in [-0.39, 0.29) is 0 Å². The van der Waals surface area contributed by atoms with Crippen LogP contribution in [0.5, 0.6) is 0 Å². The summed E-state index contributed by atoms with van der Waals surface area (Å²) < 4.78 is 6.12. The van der Waals surface area contributed by atoms with Crippen molar-refractivity contribution in [3.05, 3.63) is 169 Å². The molecule has 0 N–H and O–H groups in total. The van der Waals surface area contributed by atoms with E-state index in [1.54, 1.807) is 0 Å². The van der Waals surface area contributed by atoms with Crippen molar-refractivity contribution in [1.29, 1.82) is 0 Å². The molecular formula is C45H30O. The highest BCUT2D eigenvalue weighted by atomic mass is 16.3. The molecule has 0 aliphatic rings. The molecule has 1 aromatic heterocycles. The van der Waals surface area contributed by atoms with Crippen LogP contribution in [0, 0.1) is 6.92 Å². The summed E-state index contributed by atoms with van der Waals surface area (Å²) in [7, 11) is 0. The Balaban J connectivity index is 1.28. The van der Waals surface area contributed by atoms with Gasteiger partial charge in [0.05, 0.1) is 0 Å². The van der Waals surface area contributed by atoms with Gasteiger partial charge in [0.25, 0.3) is 0 Å². The van der Waals surface area contributed by atoms with Crippen LogP contribution >= 0.6 is 0 Å². The normalized spacial score (nSPS) is 11.6. The molecule has 9 rings (SSSR count). The lowest BCUT2D eigenvalue weighted by Crippen LogP contribution is -1.92. The SMILES string of the molecule is Cc1cc(-c2ccc3c(-c4ccccc4)c4ccccc4c(-c4ccccc4)c3c2)cc(-c2ccc3oc4ccccc4c3c2)c1. The van der Waals surface area contributed by atoms with Gasteiger partial charge in [-0.3, -0.25) is 0 Å². The minimum absolute atomic E-state index is 0.919. The van der Waals surface area contributed by atoms with Crippen LogP contribution < -0.4 is 0 Å². The number of fused-ring (bicyclic) bond motifs is 5. The smallest absolute Gasteiger partial charge is 0.135 e. The molecule has 8 aromatic carbocycles. The van der Waals surface area contributed by atoms with Crippen LogP contribution in [-0.2, 0) is 0 Å². The zero-order valence-electron chi connectivity index (χ0n) is 25.5. The van der Waals surface area contributed by atoms with Crippen molar-refractivity contribution >= 4 is 43.5 Å². The molecule has 1 heteroatoms. The van der Waals surface area contributed by atoms with Gasteiger partial charge >= 0.3 is 0 Å². The van der Waals surface area contributed by atoms with Gasteiger partial charge < -0.3 is 4.42 Å². The average Bonchev–Trinajstić information content (AvgIpc) is 3.49. The average molecular weight is 587 g/mol. The Kier molecular flexibility index (Phi) is 6.11. The molecule has 9 aromatic rings. The van der Waals surface area contributed by atoms with Crippen LogP contribution in [0.15, 0.2) is 168 Å². The first-order valence-corrected chi connectivity index (χ1v) is 15.8. The summed E-state index contributed by atoms with van der Waals surface area (Å²) in [6.07, 6.45) is 0. The Morgan fingerprint density at radius 2 is 0.783 bits per heavy atom. The third-order valence-electron chi connectivity index (χ3n) is 9.27. The molecule has 0 aliphatic carbocycles. The van der Waals surface area contributed by atoms with E-state index in [0.717, 1.165) is 21.9 Å². The zero-order chi connectivity index (χ0) is 30.6. The van der Waals surface area contributed by atoms with E-state index in [0.29, 0.717) is 0 Å². The van der Waals surface area contributed by atoms with E-state index < -0.39 is 0 Å². The summed E-state index contributed by atoms with van der Waals surface area (Å²) in [6.45, 7) is 2.19. The Labute approximate surface area is 268 Å². The number of benzene rings is 8. The maximum atomic E-state index is 6.12. The molecular weight excluding hydrogens is 556 g/mol. The first-order chi connectivity index (χ1) is 22.7. The van der Waals surface area contributed by atoms with Gasteiger partial charge in [0.2, 0.25) is 0 Å². The van der Waals surface area contributed by atoms with Crippen molar-refractivity contribution in [3.8, 4) is 44.5 Å². The minimum atomic E-state index is 0.919. The first kappa shape index (κ1) is 26.5. The maximum absolute atomic E-state index is 6.12. The molecule has 0 atom stereocenters. The first-order valence-electron chi connectivity index (χ1n) is 15.8. The molecule has 0 aliphatic heterocycles. The van der Waals surface area contributed by atoms with Crippen LogP contribution in [-0.4, -0.2) is 0 Å². The molecule has 1 heterocycles. The minimum Gasteiger partial charge on any atom is -0.456 e. The van der Waals surface area contributed by atoms with Gasteiger partial charge in [0.1, 0.15) is 11.2 Å². The number of furan rings is 1. The predicted octanol–water partition coefficient (Wildman–Crippen LogP) is 12.9. The molecule has 46 heavy (non-hydrogen) atoms. The second kappa shape index (κ2) is 10.6. The van der Waals surface area contributed by atoms with E-state index in [1.807, 2.05) is 12.1 Å². The fourth-order valence-corrected chi connectivity index (χ4v) is 7.21. The Hall–Kier alpha value is -5.92. The van der Waals surface area contributed by atoms with Crippen LogP contribution in [0.2, 0.25) is 0 Å². The van der Waals surface area contributed by atoms with Crippen LogP contribution in [0.1, 0.15) is 5.56 Å². The van der Waals surface area contributed by atoms with Gasteiger partial charge in [-0.25, -0.2) is 0 Å². The van der Waals surface area contributed by atoms with Gasteiger partial charge in [-0.05, 0) is 109 Å². The molecule has 0 saturated heterocycles. The second-order valence-corrected chi connectivity index (χ2v) is 12.2. The van der Waals surface area contributed by atoms with Gasteiger partial charge in [-0.15, -0.1) is 0 Å². The van der Waals surface area contributed by atoms with E-state index in [9.17, 15) is 0 Å². The third-order valence-corrected chi connectivity index (χ3v) is 9.27. The number of hydrogen-bond acceptors (Lipinski definition) is 1. The molecule has 0 fully saturated rings. The van der Waals surface area contributed by atoms with Crippen molar-refractivity contribution in [3.63, 3.8) is 0 Å². The summed E-state index contributed by atoms with van der Waals surface area (Å²) >= 11 is 0. The van der Waals surface area contributed by atoms with Crippen LogP contribution in [0.3, 0.4) is 0 Å². The van der Waals surface area contributed by atoms with Crippen molar-refractivity contribution < 1.29 is 4.42 Å². The molecule has 0 saturated carbocycles. The highest BCUT2D eigenvalue weighted by molar-refractivity contribution is 6.22. The number of para-hydroxylation sites is 1. The Morgan fingerprint density at radius 1 is 0.304 bits per heavy atom. The lowest BCUT2D eigenvalue weighted by molar-refractivity contribution is 0.669. The molecule has 1 nitrogen and oxygen atoms in total. The second-order valence-electron chi connectivity index (χ2n) is 12.2. The molecule has 0 spiro atoms. The Bertz CT molecular complexity index is 2570. The van der Waals surface area contributed by atoms with E-state index in [1.165, 1.54) is 71.6 Å². The standard InChI is InChI=1S/C45H30O/c1-29-24-34(26-35(25-29)33-21-23-43-40(27-33)36-16-10-11-19-42(36)46-43)32-20-22-39-41(28-32)45(31-14-6-3-7-15-31)38-18-9-8-17-37(38)44(39)30-12-4-2-5-13-30/h2-28H,1H3. The summed E-state index contributed by atoms with van der Waals surface area (Å²) in [5.74, 6) is 0. The summed E-state index contributed by atoms with van der Waals surface area (Å²) in [6, 6.07) is 59.3. The molecule has 0 radical (unpaired) electrons. The number of hydrogen-bond donors (Lipinski definition) is 0. The zero-order valence-corrected chi connectivity index (χ0v) is 25.5. The van der Waals surface area contributed by atoms with Crippen LogP contribution in [0.25, 0.3) is 88.0 Å². The molecule has 0 bridgehead atoms. The topological polar surface area (TPSA) is 13.1 Å². The van der Waals surface area contributed by atoms with E-state index >= 15 is 0 Å². The Morgan fingerprint density at radius 3 is 1.43 bits per heavy atom. The van der Waals surface area contributed by atoms with E-state index in [4.69, 9.17) is 4.42 Å². The summed E-state index contributed by atoms with van der Waals surface area (Å²) in [5.41, 5.74) is 12.9. The van der Waals surface area contributed by atoms with E-state index in [2.05, 4.69) is 159 Å². The fourth-order valence-electron chi connectivity index (χ4n) is 7.21. The predicted molar refractivity (Wildman–Crippen MR) is 195 cm³/mol. The summed E-state index contributed by atoms with van der Waals surface area (Å²) in [4.78, 5) is 0. The fraction of sp³-hybridized carbons (Fsp3) is 0.0222. The van der Waals surface area contributed by atoms with Crippen molar-refractivity contribution in [2.24, 2.45) is 0 Å². The number of rotatable bonds is 4. The van der Waals surface area contributed by atoms with Gasteiger partial charge in [-0.1, -0.05) is 133 Å². The maximum Gasteiger partial charge on any atom is 0.135 e. The summed E-state index contributed by atoms with van der Waals surface area (Å²) in [5, 5.41) is 7.36. The third kappa shape index (κ3) is 4.32. The largest absolute Gasteiger partial charge is 0.456 e. The highest BCUT2D eigenvalue weighted by Crippen LogP contribution is 2.45. The van der Waals surface area contributed by atoms with Gasteiger partial charge in [0, 0.05) is 10.8 Å². The van der Waals surface area contributed by atoms with Crippen molar-refractivity contribution in [2.45, 2.75) is 6.92 Å². The van der Waals surface area contributed by atoms with Crippen molar-refractivity contribution in [1.82, 2.24) is 0 Å². The van der Waals surface area contributed by atoms with Crippen LogP contribution in [0.4, 0.5) is 0 Å². The van der Waals surface area contributed by atoms with Gasteiger partial charge in [-0.2, -0.15) is 0 Å². The lowest BCUT2D eigenvalue weighted by Gasteiger charge is -2.19. The van der Waals surface area contributed by atoms with Crippen molar-refractivity contribution in [2.75, 3.05) is 0 Å². The quantitative estimate of drug-likeness (QED) is 0.187. The van der Waals surface area contributed by atoms with Gasteiger partial charge in [0.15, 0.2) is 0 Å².